The summed E-state index contributed by atoms with van der Waals surface area (Å²) in [6.45, 7) is 6.08. The molecule has 2 fully saturated rings. The molecule has 1 heterocycles. The number of hydrogen-bond donors (Lipinski definition) is 1. The second-order valence-electron chi connectivity index (χ2n) is 7.85. The molecular formula is C23H25N3O2S. The summed E-state index contributed by atoms with van der Waals surface area (Å²) in [6, 6.07) is 14.0. The van der Waals surface area contributed by atoms with Gasteiger partial charge in [0.25, 0.3) is 0 Å². The second-order valence-corrected chi connectivity index (χ2v) is 9.02. The average Bonchev–Trinajstić information content (AvgIpc) is 3.45. The minimum atomic E-state index is -0.425. The molecule has 1 atom stereocenters. The molecule has 1 aliphatic heterocycles. The lowest BCUT2D eigenvalue weighted by Gasteiger charge is -2.15. The summed E-state index contributed by atoms with van der Waals surface area (Å²) in [6.07, 6.45) is 2.15. The Kier molecular flexibility index (Phi) is 5.46. The summed E-state index contributed by atoms with van der Waals surface area (Å²) in [4.78, 5) is 32.1. The van der Waals surface area contributed by atoms with Gasteiger partial charge in [0.05, 0.1) is 5.69 Å². The highest BCUT2D eigenvalue weighted by atomic mass is 32.2. The Morgan fingerprint density at radius 3 is 2.45 bits per heavy atom. The number of amides is 2. The van der Waals surface area contributed by atoms with E-state index in [1.54, 1.807) is 0 Å². The van der Waals surface area contributed by atoms with Gasteiger partial charge in [-0.25, -0.2) is 4.99 Å². The number of benzene rings is 2. The molecule has 0 unspecified atom stereocenters. The van der Waals surface area contributed by atoms with E-state index in [1.807, 2.05) is 55.1 Å². The van der Waals surface area contributed by atoms with Gasteiger partial charge in [-0.05, 0) is 57.4 Å². The molecule has 0 radical (unpaired) electrons. The molecule has 4 rings (SSSR count). The van der Waals surface area contributed by atoms with Crippen LogP contribution in [0, 0.1) is 20.8 Å². The number of hydrogen-bond acceptors (Lipinski definition) is 4. The molecule has 2 aromatic rings. The monoisotopic (exact) mass is 407 g/mol. The second kappa shape index (κ2) is 8.03. The largest absolute Gasteiger partial charge is 0.326 e. The van der Waals surface area contributed by atoms with Crippen LogP contribution in [-0.4, -0.2) is 33.2 Å². The van der Waals surface area contributed by atoms with Gasteiger partial charge in [0.15, 0.2) is 5.17 Å². The number of aryl methyl sites for hydroxylation is 3. The van der Waals surface area contributed by atoms with Crippen LogP contribution in [-0.2, 0) is 9.59 Å². The van der Waals surface area contributed by atoms with Gasteiger partial charge in [-0.2, -0.15) is 0 Å². The van der Waals surface area contributed by atoms with Crippen LogP contribution in [0.2, 0.25) is 0 Å². The highest BCUT2D eigenvalue weighted by Crippen LogP contribution is 2.39. The number of aliphatic imine (C=N–C) groups is 1. The number of thioether (sulfide) groups is 1. The maximum absolute atomic E-state index is 13.0. The molecule has 6 heteroatoms. The SMILES string of the molecule is Cc1ccc(NC(=O)C[C@@H]2SC(=Nc3ccc(C)cc3C)N(C3CC3)C2=O)cc1. The standard InChI is InChI=1S/C23H25N3O2S/c1-14-4-7-17(8-5-14)24-21(27)13-20-22(28)26(18-9-10-18)23(29-20)25-19-11-6-15(2)12-16(19)3/h4-8,11-12,18,20H,9-10,13H2,1-3H3,(H,24,27)/t20-/m0/s1. The quantitative estimate of drug-likeness (QED) is 0.779. The lowest BCUT2D eigenvalue weighted by Crippen LogP contribution is -2.35. The topological polar surface area (TPSA) is 61.8 Å². The smallest absolute Gasteiger partial charge is 0.242 e. The zero-order valence-corrected chi connectivity index (χ0v) is 17.8. The Morgan fingerprint density at radius 2 is 1.79 bits per heavy atom. The fourth-order valence-corrected chi connectivity index (χ4v) is 4.62. The van der Waals surface area contributed by atoms with E-state index in [2.05, 4.69) is 18.3 Å². The van der Waals surface area contributed by atoms with E-state index in [4.69, 9.17) is 4.99 Å². The van der Waals surface area contributed by atoms with Crippen LogP contribution in [0.25, 0.3) is 0 Å². The highest BCUT2D eigenvalue weighted by Gasteiger charge is 2.46. The molecule has 1 aliphatic carbocycles. The van der Waals surface area contributed by atoms with Crippen molar-refractivity contribution >= 4 is 40.1 Å². The molecule has 1 N–H and O–H groups in total. The summed E-state index contributed by atoms with van der Waals surface area (Å²) in [5.74, 6) is -0.150. The first-order chi connectivity index (χ1) is 13.9. The van der Waals surface area contributed by atoms with Crippen molar-refractivity contribution in [2.45, 2.75) is 51.3 Å². The van der Waals surface area contributed by atoms with Crippen LogP contribution in [0.4, 0.5) is 11.4 Å². The van der Waals surface area contributed by atoms with E-state index in [1.165, 1.54) is 17.3 Å². The first-order valence-electron chi connectivity index (χ1n) is 9.93. The van der Waals surface area contributed by atoms with Gasteiger partial charge >= 0.3 is 0 Å². The first kappa shape index (κ1) is 19.7. The van der Waals surface area contributed by atoms with Crippen molar-refractivity contribution in [3.05, 3.63) is 59.2 Å². The Labute approximate surface area is 175 Å². The van der Waals surface area contributed by atoms with Gasteiger partial charge in [-0.3, -0.25) is 14.5 Å². The van der Waals surface area contributed by atoms with Gasteiger partial charge in [0.2, 0.25) is 11.8 Å². The number of rotatable bonds is 5. The predicted octanol–water partition coefficient (Wildman–Crippen LogP) is 4.73. The molecule has 150 valence electrons. The third-order valence-electron chi connectivity index (χ3n) is 5.15. The molecule has 1 saturated heterocycles. The third-order valence-corrected chi connectivity index (χ3v) is 6.30. The molecule has 2 aromatic carbocycles. The third kappa shape index (κ3) is 4.53. The normalized spacial score (nSPS) is 20.4. The van der Waals surface area contributed by atoms with E-state index in [0.717, 1.165) is 40.5 Å². The van der Waals surface area contributed by atoms with Crippen molar-refractivity contribution in [1.82, 2.24) is 4.90 Å². The molecule has 29 heavy (non-hydrogen) atoms. The molecule has 2 aliphatic rings. The van der Waals surface area contributed by atoms with E-state index in [0.29, 0.717) is 0 Å². The van der Waals surface area contributed by atoms with Gasteiger partial charge < -0.3 is 5.32 Å². The number of nitrogens with zero attached hydrogens (tertiary/aromatic N) is 2. The summed E-state index contributed by atoms with van der Waals surface area (Å²) in [5, 5.41) is 3.19. The predicted molar refractivity (Wildman–Crippen MR) is 119 cm³/mol. The van der Waals surface area contributed by atoms with Crippen LogP contribution in [0.3, 0.4) is 0 Å². The Hall–Kier alpha value is -2.60. The van der Waals surface area contributed by atoms with Crippen LogP contribution in [0.5, 0.6) is 0 Å². The van der Waals surface area contributed by atoms with Crippen molar-refractivity contribution in [2.75, 3.05) is 5.32 Å². The number of carbonyl (C=O) groups is 2. The first-order valence-corrected chi connectivity index (χ1v) is 10.8. The van der Waals surface area contributed by atoms with Crippen molar-refractivity contribution in [3.63, 3.8) is 0 Å². The molecule has 0 spiro atoms. The average molecular weight is 408 g/mol. The van der Waals surface area contributed by atoms with Gasteiger partial charge in [-0.1, -0.05) is 47.2 Å². The summed E-state index contributed by atoms with van der Waals surface area (Å²) in [7, 11) is 0. The highest BCUT2D eigenvalue weighted by molar-refractivity contribution is 8.15. The minimum Gasteiger partial charge on any atom is -0.326 e. The van der Waals surface area contributed by atoms with Gasteiger partial charge in [0, 0.05) is 18.2 Å². The van der Waals surface area contributed by atoms with Crippen molar-refractivity contribution in [1.29, 1.82) is 0 Å². The fourth-order valence-electron chi connectivity index (χ4n) is 3.41. The number of amidine groups is 1. The molecule has 0 aromatic heterocycles. The zero-order valence-electron chi connectivity index (χ0n) is 16.9. The summed E-state index contributed by atoms with van der Waals surface area (Å²) < 4.78 is 0. The van der Waals surface area contributed by atoms with Crippen LogP contribution < -0.4 is 5.32 Å². The van der Waals surface area contributed by atoms with Crippen LogP contribution >= 0.6 is 11.8 Å². The van der Waals surface area contributed by atoms with Crippen LogP contribution in [0.1, 0.15) is 36.0 Å². The van der Waals surface area contributed by atoms with Crippen molar-refractivity contribution in [2.24, 2.45) is 4.99 Å². The lowest BCUT2D eigenvalue weighted by atomic mass is 10.1. The van der Waals surface area contributed by atoms with E-state index in [-0.39, 0.29) is 24.3 Å². The molecule has 0 bridgehead atoms. The minimum absolute atomic E-state index is 0.0000656. The number of carbonyl (C=O) groups excluding carboxylic acids is 2. The van der Waals surface area contributed by atoms with E-state index in [9.17, 15) is 9.59 Å². The van der Waals surface area contributed by atoms with E-state index >= 15 is 0 Å². The summed E-state index contributed by atoms with van der Waals surface area (Å²) >= 11 is 1.41. The van der Waals surface area contributed by atoms with E-state index < -0.39 is 5.25 Å². The molecule has 2 amide bonds. The number of nitrogens with one attached hydrogen (secondary N) is 1. The summed E-state index contributed by atoms with van der Waals surface area (Å²) in [5.41, 5.74) is 5.03. The Bertz CT molecular complexity index is 980. The molecular weight excluding hydrogens is 382 g/mol. The maximum Gasteiger partial charge on any atom is 0.242 e. The fraction of sp³-hybridized carbons (Fsp3) is 0.348. The van der Waals surface area contributed by atoms with Gasteiger partial charge in [0.1, 0.15) is 5.25 Å². The molecule has 1 saturated carbocycles. The Morgan fingerprint density at radius 1 is 1.10 bits per heavy atom. The molecule has 5 nitrogen and oxygen atoms in total. The Balaban J connectivity index is 1.50. The van der Waals surface area contributed by atoms with Crippen molar-refractivity contribution in [3.8, 4) is 0 Å². The zero-order chi connectivity index (χ0) is 20.5. The van der Waals surface area contributed by atoms with Gasteiger partial charge in [-0.15, -0.1) is 0 Å². The van der Waals surface area contributed by atoms with Crippen molar-refractivity contribution < 1.29 is 9.59 Å². The lowest BCUT2D eigenvalue weighted by molar-refractivity contribution is -0.128. The van der Waals surface area contributed by atoms with Crippen LogP contribution in [0.15, 0.2) is 47.5 Å². The number of anilines is 1. The maximum atomic E-state index is 13.0.